The van der Waals surface area contributed by atoms with E-state index in [1.807, 2.05) is 12.1 Å². The van der Waals surface area contributed by atoms with Gasteiger partial charge in [0.1, 0.15) is 0 Å². The average molecular weight is 342 g/mol. The van der Waals surface area contributed by atoms with E-state index in [9.17, 15) is 19.1 Å². The summed E-state index contributed by atoms with van der Waals surface area (Å²) in [6.07, 6.45) is 3.94. The summed E-state index contributed by atoms with van der Waals surface area (Å²) in [5.74, 6) is -2.31. The summed E-state index contributed by atoms with van der Waals surface area (Å²) in [6.45, 7) is 2.07. The van der Waals surface area contributed by atoms with Gasteiger partial charge in [0.05, 0.1) is 5.56 Å². The van der Waals surface area contributed by atoms with Gasteiger partial charge < -0.3 is 15.3 Å². The maximum absolute atomic E-state index is 13.6. The largest absolute Gasteiger partial charge is 0.504 e. The molecule has 0 unspecified atom stereocenters. The first-order valence-corrected chi connectivity index (χ1v) is 8.22. The fourth-order valence-electron chi connectivity index (χ4n) is 2.95. The first kappa shape index (κ1) is 17.0. The highest BCUT2D eigenvalue weighted by Crippen LogP contribution is 2.24. The summed E-state index contributed by atoms with van der Waals surface area (Å²) in [7, 11) is 0. The van der Waals surface area contributed by atoms with Crippen LogP contribution in [0.3, 0.4) is 0 Å². The van der Waals surface area contributed by atoms with E-state index in [2.05, 4.69) is 10.2 Å². The molecule has 1 saturated heterocycles. The van der Waals surface area contributed by atoms with Crippen LogP contribution < -0.4 is 10.2 Å². The maximum Gasteiger partial charge on any atom is 0.255 e. The third kappa shape index (κ3) is 3.79. The summed E-state index contributed by atoms with van der Waals surface area (Å²) in [5, 5.41) is 12.1. The van der Waals surface area contributed by atoms with Crippen LogP contribution >= 0.6 is 0 Å². The van der Waals surface area contributed by atoms with Gasteiger partial charge in [0.25, 0.3) is 5.91 Å². The minimum absolute atomic E-state index is 0.0301. The monoisotopic (exact) mass is 342 g/mol. The number of rotatable bonds is 4. The molecule has 1 heterocycles. The Balaban J connectivity index is 1.72. The summed E-state index contributed by atoms with van der Waals surface area (Å²) in [5.41, 5.74) is 1.40. The van der Waals surface area contributed by atoms with Crippen molar-refractivity contribution in [3.05, 3.63) is 53.3 Å². The number of phenols is 1. The Bertz CT molecular complexity index is 784. The second kappa shape index (κ2) is 7.34. The van der Waals surface area contributed by atoms with E-state index < -0.39 is 17.5 Å². The summed E-state index contributed by atoms with van der Waals surface area (Å²) in [6, 6.07) is 9.52. The molecule has 3 rings (SSSR count). The molecule has 0 atom stereocenters. The van der Waals surface area contributed by atoms with E-state index in [0.717, 1.165) is 30.9 Å². The Morgan fingerprint density at radius 1 is 1.12 bits per heavy atom. The lowest BCUT2D eigenvalue weighted by molar-refractivity contribution is 0.102. The number of phenolic OH excluding ortho intramolecular Hbond substituents is 1. The number of nitrogens with zero attached hydrogens (tertiary/aromatic N) is 1. The molecule has 6 heteroatoms. The molecule has 1 amide bonds. The molecule has 0 spiro atoms. The average Bonchev–Trinajstić information content (AvgIpc) is 2.65. The lowest BCUT2D eigenvalue weighted by Crippen LogP contribution is -2.29. The van der Waals surface area contributed by atoms with Crippen LogP contribution in [0.1, 0.15) is 40.0 Å². The van der Waals surface area contributed by atoms with E-state index in [1.54, 1.807) is 12.1 Å². The number of aromatic hydroxyl groups is 1. The van der Waals surface area contributed by atoms with Crippen LogP contribution in [0.15, 0.2) is 36.4 Å². The quantitative estimate of drug-likeness (QED) is 0.833. The molecule has 1 aliphatic rings. The molecular formula is C19H19FN2O3. The van der Waals surface area contributed by atoms with Crippen molar-refractivity contribution in [2.75, 3.05) is 23.3 Å². The molecule has 0 aromatic heterocycles. The summed E-state index contributed by atoms with van der Waals surface area (Å²) < 4.78 is 13.6. The molecule has 2 aromatic carbocycles. The zero-order valence-electron chi connectivity index (χ0n) is 13.7. The Labute approximate surface area is 145 Å². The maximum atomic E-state index is 13.6. The molecule has 1 fully saturated rings. The predicted octanol–water partition coefficient (Wildman–Crippen LogP) is 3.59. The highest BCUT2D eigenvalue weighted by molar-refractivity contribution is 6.05. The number of piperidine rings is 1. The van der Waals surface area contributed by atoms with Crippen molar-refractivity contribution in [1.29, 1.82) is 0 Å². The molecule has 2 aromatic rings. The lowest BCUT2D eigenvalue weighted by Gasteiger charge is -2.28. The van der Waals surface area contributed by atoms with Crippen LogP contribution in [-0.4, -0.2) is 30.4 Å². The molecular weight excluding hydrogens is 323 g/mol. The molecule has 0 aliphatic carbocycles. The van der Waals surface area contributed by atoms with Crippen LogP contribution in [0, 0.1) is 5.82 Å². The van der Waals surface area contributed by atoms with Gasteiger partial charge in [-0.15, -0.1) is 0 Å². The van der Waals surface area contributed by atoms with Crippen molar-refractivity contribution in [3.63, 3.8) is 0 Å². The minimum Gasteiger partial charge on any atom is -0.504 e. The Morgan fingerprint density at radius 2 is 1.80 bits per heavy atom. The van der Waals surface area contributed by atoms with Crippen LogP contribution in [0.25, 0.3) is 0 Å². The third-order valence-corrected chi connectivity index (χ3v) is 4.33. The number of halogens is 1. The molecule has 5 nitrogen and oxygen atoms in total. The van der Waals surface area contributed by atoms with Gasteiger partial charge in [0.15, 0.2) is 17.9 Å². The number of nitrogens with one attached hydrogen (secondary N) is 1. The molecule has 0 radical (unpaired) electrons. The zero-order chi connectivity index (χ0) is 17.8. The number of hydrogen-bond donors (Lipinski definition) is 2. The van der Waals surface area contributed by atoms with Gasteiger partial charge in [-0.05, 0) is 55.7 Å². The summed E-state index contributed by atoms with van der Waals surface area (Å²) >= 11 is 0. The molecule has 130 valence electrons. The standard InChI is InChI=1S/C19H19FN2O3/c20-17-11-13(10-14(12-23)18(17)24)19(25)21-15-4-6-16(7-5-15)22-8-2-1-3-9-22/h4-7,10-12,24H,1-3,8-9H2,(H,21,25). The smallest absolute Gasteiger partial charge is 0.255 e. The van der Waals surface area contributed by atoms with E-state index in [1.165, 1.54) is 19.3 Å². The number of carbonyl (C=O) groups is 2. The molecule has 1 aliphatic heterocycles. The van der Waals surface area contributed by atoms with Crippen LogP contribution in [0.4, 0.5) is 15.8 Å². The van der Waals surface area contributed by atoms with Crippen molar-refractivity contribution in [2.45, 2.75) is 19.3 Å². The lowest BCUT2D eigenvalue weighted by atomic mass is 10.1. The number of carbonyl (C=O) groups excluding carboxylic acids is 2. The molecule has 0 bridgehead atoms. The van der Waals surface area contributed by atoms with Crippen molar-refractivity contribution < 1.29 is 19.1 Å². The van der Waals surface area contributed by atoms with Crippen molar-refractivity contribution in [3.8, 4) is 5.75 Å². The Morgan fingerprint density at radius 3 is 2.44 bits per heavy atom. The molecule has 25 heavy (non-hydrogen) atoms. The Kier molecular flexibility index (Phi) is 4.97. The minimum atomic E-state index is -1.00. The normalized spacial score (nSPS) is 14.2. The van der Waals surface area contributed by atoms with Gasteiger partial charge in [-0.1, -0.05) is 0 Å². The zero-order valence-corrected chi connectivity index (χ0v) is 13.7. The van der Waals surface area contributed by atoms with Crippen LogP contribution in [-0.2, 0) is 0 Å². The molecule has 2 N–H and O–H groups in total. The fraction of sp³-hybridized carbons (Fsp3) is 0.263. The first-order valence-electron chi connectivity index (χ1n) is 8.22. The second-order valence-electron chi connectivity index (χ2n) is 6.06. The number of anilines is 2. The molecule has 0 saturated carbocycles. The number of benzene rings is 2. The van der Waals surface area contributed by atoms with Gasteiger partial charge in [-0.2, -0.15) is 0 Å². The van der Waals surface area contributed by atoms with E-state index in [4.69, 9.17) is 0 Å². The number of amides is 1. The van der Waals surface area contributed by atoms with Gasteiger partial charge in [0.2, 0.25) is 0 Å². The van der Waals surface area contributed by atoms with E-state index in [-0.39, 0.29) is 11.1 Å². The van der Waals surface area contributed by atoms with Gasteiger partial charge in [0, 0.05) is 30.0 Å². The highest BCUT2D eigenvalue weighted by Gasteiger charge is 2.15. The SMILES string of the molecule is O=Cc1cc(C(=O)Nc2ccc(N3CCCCC3)cc2)cc(F)c1O. The van der Waals surface area contributed by atoms with Gasteiger partial charge >= 0.3 is 0 Å². The van der Waals surface area contributed by atoms with Gasteiger partial charge in [-0.25, -0.2) is 4.39 Å². The van der Waals surface area contributed by atoms with Crippen LogP contribution in [0.2, 0.25) is 0 Å². The highest BCUT2D eigenvalue weighted by atomic mass is 19.1. The predicted molar refractivity (Wildman–Crippen MR) is 93.9 cm³/mol. The van der Waals surface area contributed by atoms with Crippen molar-refractivity contribution in [1.82, 2.24) is 0 Å². The second-order valence-corrected chi connectivity index (χ2v) is 6.06. The van der Waals surface area contributed by atoms with E-state index >= 15 is 0 Å². The van der Waals surface area contributed by atoms with Crippen molar-refractivity contribution >= 4 is 23.6 Å². The van der Waals surface area contributed by atoms with E-state index in [0.29, 0.717) is 12.0 Å². The summed E-state index contributed by atoms with van der Waals surface area (Å²) in [4.78, 5) is 25.4. The Hall–Kier alpha value is -2.89. The number of aldehydes is 1. The number of hydrogen-bond acceptors (Lipinski definition) is 4. The first-order chi connectivity index (χ1) is 12.1. The third-order valence-electron chi connectivity index (χ3n) is 4.33. The van der Waals surface area contributed by atoms with Crippen molar-refractivity contribution in [2.24, 2.45) is 0 Å². The van der Waals surface area contributed by atoms with Gasteiger partial charge in [-0.3, -0.25) is 9.59 Å². The van der Waals surface area contributed by atoms with Crippen LogP contribution in [0.5, 0.6) is 5.75 Å². The fourth-order valence-corrected chi connectivity index (χ4v) is 2.95. The topological polar surface area (TPSA) is 69.6 Å².